The fraction of sp³-hybridized carbons (Fsp3) is 0.0882. The van der Waals surface area contributed by atoms with Crippen molar-refractivity contribution in [2.24, 2.45) is 0 Å². The number of nitrogens with zero attached hydrogens (tertiary/aromatic N) is 1. The van der Waals surface area contributed by atoms with Gasteiger partial charge in [0, 0.05) is 16.7 Å². The number of rotatable bonds is 2. The largest absolute Gasteiger partial charge is 0.352 e. The highest BCUT2D eigenvalue weighted by Crippen LogP contribution is 2.53. The van der Waals surface area contributed by atoms with Gasteiger partial charge in [0.15, 0.2) is 0 Å². The van der Waals surface area contributed by atoms with E-state index in [9.17, 15) is 4.79 Å². The standard InChI is InChI=1S/C34H24Cl2N2O/c1-34(2)25-10-6-7-11-30(25)38(22-8-4-3-5-9-22)31-15-13-21-16-20(12-14-23(21)32(31)34)17-29-33(39)24-18-26(35)27(36)19-28(24)37-29/h3-19,37H,1-2H3. The summed E-state index contributed by atoms with van der Waals surface area (Å²) in [4.78, 5) is 15.4. The van der Waals surface area contributed by atoms with Gasteiger partial charge in [-0.1, -0.05) is 91.6 Å². The van der Waals surface area contributed by atoms with Crippen LogP contribution in [0, 0.1) is 0 Å². The Hall–Kier alpha value is -4.05. The van der Waals surface area contributed by atoms with Gasteiger partial charge in [-0.05, 0) is 76.0 Å². The van der Waals surface area contributed by atoms with Gasteiger partial charge in [-0.3, -0.25) is 4.79 Å². The van der Waals surface area contributed by atoms with Gasteiger partial charge >= 0.3 is 0 Å². The molecule has 0 fully saturated rings. The molecule has 7 rings (SSSR count). The lowest BCUT2D eigenvalue weighted by atomic mass is 9.71. The maximum absolute atomic E-state index is 13.1. The van der Waals surface area contributed by atoms with Gasteiger partial charge in [-0.15, -0.1) is 0 Å². The minimum absolute atomic E-state index is 0.0923. The number of ketones is 1. The minimum atomic E-state index is -0.208. The smallest absolute Gasteiger partial charge is 0.211 e. The summed E-state index contributed by atoms with van der Waals surface area (Å²) >= 11 is 12.3. The third kappa shape index (κ3) is 3.69. The van der Waals surface area contributed by atoms with Gasteiger partial charge in [0.1, 0.15) is 0 Å². The van der Waals surface area contributed by atoms with Crippen LogP contribution in [-0.2, 0) is 5.41 Å². The Bertz CT molecular complexity index is 1860. The molecule has 0 radical (unpaired) electrons. The summed E-state index contributed by atoms with van der Waals surface area (Å²) in [5, 5.41) is 6.32. The van der Waals surface area contributed by atoms with E-state index in [1.54, 1.807) is 12.1 Å². The first kappa shape index (κ1) is 24.0. The molecule has 2 aliphatic heterocycles. The molecule has 5 heteroatoms. The summed E-state index contributed by atoms with van der Waals surface area (Å²) in [5.41, 5.74) is 8.54. The van der Waals surface area contributed by atoms with Gasteiger partial charge in [0.2, 0.25) is 5.78 Å². The number of halogens is 2. The summed E-state index contributed by atoms with van der Waals surface area (Å²) in [6, 6.07) is 33.3. The van der Waals surface area contributed by atoms with Crippen molar-refractivity contribution in [2.45, 2.75) is 19.3 Å². The zero-order valence-electron chi connectivity index (χ0n) is 21.4. The molecule has 190 valence electrons. The van der Waals surface area contributed by atoms with E-state index in [4.69, 9.17) is 23.2 Å². The minimum Gasteiger partial charge on any atom is -0.352 e. The van der Waals surface area contributed by atoms with E-state index in [1.165, 1.54) is 27.9 Å². The number of anilines is 4. The lowest BCUT2D eigenvalue weighted by Gasteiger charge is -2.42. The van der Waals surface area contributed by atoms with E-state index in [1.807, 2.05) is 12.1 Å². The number of allylic oxidation sites excluding steroid dienone is 1. The number of fused-ring (bicyclic) bond motifs is 5. The molecule has 0 unspecified atom stereocenters. The predicted molar refractivity (Wildman–Crippen MR) is 163 cm³/mol. The topological polar surface area (TPSA) is 32.3 Å². The second-order valence-electron chi connectivity index (χ2n) is 10.6. The molecule has 0 amide bonds. The number of benzene rings is 5. The van der Waals surface area contributed by atoms with Gasteiger partial charge in [-0.25, -0.2) is 0 Å². The first-order valence-electron chi connectivity index (χ1n) is 12.9. The molecule has 0 bridgehead atoms. The predicted octanol–water partition coefficient (Wildman–Crippen LogP) is 9.90. The SMILES string of the molecule is CC1(C)c2ccccc2N(c2ccccc2)c2ccc3cc(C=C4Nc5cc(Cl)c(Cl)cc5C4=O)ccc3c21. The number of hydrogen-bond acceptors (Lipinski definition) is 3. The molecule has 39 heavy (non-hydrogen) atoms. The van der Waals surface area contributed by atoms with E-state index in [-0.39, 0.29) is 11.2 Å². The highest BCUT2D eigenvalue weighted by Gasteiger charge is 2.38. The summed E-state index contributed by atoms with van der Waals surface area (Å²) in [6.07, 6.45) is 1.89. The van der Waals surface area contributed by atoms with Crippen LogP contribution >= 0.6 is 23.2 Å². The fourth-order valence-corrected chi connectivity index (χ4v) is 6.37. The van der Waals surface area contributed by atoms with Gasteiger partial charge < -0.3 is 10.2 Å². The molecule has 1 N–H and O–H groups in total. The van der Waals surface area contributed by atoms with Crippen molar-refractivity contribution in [2.75, 3.05) is 10.2 Å². The highest BCUT2D eigenvalue weighted by atomic mass is 35.5. The van der Waals surface area contributed by atoms with Crippen LogP contribution in [0.4, 0.5) is 22.7 Å². The molecule has 0 saturated heterocycles. The van der Waals surface area contributed by atoms with Gasteiger partial charge in [0.05, 0.1) is 32.8 Å². The Morgan fingerprint density at radius 3 is 2.36 bits per heavy atom. The molecule has 2 heterocycles. The first-order chi connectivity index (χ1) is 18.8. The summed E-state index contributed by atoms with van der Waals surface area (Å²) in [5.74, 6) is -0.0923. The first-order valence-corrected chi connectivity index (χ1v) is 13.6. The number of nitrogens with one attached hydrogen (secondary N) is 1. The zero-order chi connectivity index (χ0) is 26.9. The quantitative estimate of drug-likeness (QED) is 0.223. The Kier molecular flexibility index (Phi) is 5.38. The molecule has 0 saturated carbocycles. The Labute approximate surface area is 237 Å². The third-order valence-electron chi connectivity index (χ3n) is 7.85. The molecule has 0 aliphatic carbocycles. The maximum Gasteiger partial charge on any atom is 0.211 e. The molecule has 0 aromatic heterocycles. The average Bonchev–Trinajstić information content (AvgIpc) is 3.22. The number of carbonyl (C=O) groups is 1. The van der Waals surface area contributed by atoms with Crippen molar-refractivity contribution in [3.05, 3.63) is 135 Å². The normalized spacial score (nSPS) is 16.2. The van der Waals surface area contributed by atoms with E-state index in [0.29, 0.717) is 27.0 Å². The molecule has 0 atom stereocenters. The number of para-hydroxylation sites is 2. The Morgan fingerprint density at radius 1 is 0.795 bits per heavy atom. The summed E-state index contributed by atoms with van der Waals surface area (Å²) < 4.78 is 0. The average molecular weight is 547 g/mol. The molecule has 5 aromatic rings. The van der Waals surface area contributed by atoms with Crippen molar-refractivity contribution >= 4 is 68.6 Å². The van der Waals surface area contributed by atoms with Crippen LogP contribution < -0.4 is 10.2 Å². The Balaban J connectivity index is 1.37. The molecular weight excluding hydrogens is 523 g/mol. The molecule has 3 nitrogen and oxygen atoms in total. The lowest BCUT2D eigenvalue weighted by Crippen LogP contribution is -2.30. The van der Waals surface area contributed by atoms with Crippen LogP contribution in [0.5, 0.6) is 0 Å². The Morgan fingerprint density at radius 2 is 1.54 bits per heavy atom. The summed E-state index contributed by atoms with van der Waals surface area (Å²) in [6.45, 7) is 4.61. The third-order valence-corrected chi connectivity index (χ3v) is 8.57. The van der Waals surface area contributed by atoms with E-state index >= 15 is 0 Å². The van der Waals surface area contributed by atoms with Crippen molar-refractivity contribution in [3.63, 3.8) is 0 Å². The molecular formula is C34H24Cl2N2O. The highest BCUT2D eigenvalue weighted by molar-refractivity contribution is 6.43. The van der Waals surface area contributed by atoms with Gasteiger partial charge in [-0.2, -0.15) is 0 Å². The van der Waals surface area contributed by atoms with Crippen LogP contribution in [-0.4, -0.2) is 5.78 Å². The van der Waals surface area contributed by atoms with Crippen LogP contribution in [0.1, 0.15) is 40.9 Å². The van der Waals surface area contributed by atoms with E-state index in [0.717, 1.165) is 16.6 Å². The molecule has 0 spiro atoms. The molecule has 5 aromatic carbocycles. The maximum atomic E-state index is 13.1. The molecule has 2 aliphatic rings. The second kappa shape index (κ2) is 8.74. The van der Waals surface area contributed by atoms with Crippen LogP contribution in [0.15, 0.2) is 103 Å². The lowest BCUT2D eigenvalue weighted by molar-refractivity contribution is 0.104. The van der Waals surface area contributed by atoms with Crippen LogP contribution in [0.2, 0.25) is 10.0 Å². The zero-order valence-corrected chi connectivity index (χ0v) is 22.9. The van der Waals surface area contributed by atoms with Crippen molar-refractivity contribution in [1.82, 2.24) is 0 Å². The number of carbonyl (C=O) groups excluding carboxylic acids is 1. The van der Waals surface area contributed by atoms with Gasteiger partial charge in [0.25, 0.3) is 0 Å². The van der Waals surface area contributed by atoms with Crippen molar-refractivity contribution in [1.29, 1.82) is 0 Å². The summed E-state index contributed by atoms with van der Waals surface area (Å²) in [7, 11) is 0. The second-order valence-corrected chi connectivity index (χ2v) is 11.4. The fourth-order valence-electron chi connectivity index (χ4n) is 6.04. The number of hydrogen-bond donors (Lipinski definition) is 1. The van der Waals surface area contributed by atoms with E-state index in [2.05, 4.69) is 103 Å². The monoisotopic (exact) mass is 546 g/mol. The van der Waals surface area contributed by atoms with Crippen LogP contribution in [0.25, 0.3) is 16.8 Å². The van der Waals surface area contributed by atoms with Crippen molar-refractivity contribution < 1.29 is 4.79 Å². The van der Waals surface area contributed by atoms with Crippen LogP contribution in [0.3, 0.4) is 0 Å². The number of Topliss-reactive ketones (excluding diaryl/α,β-unsaturated/α-hetero) is 1. The van der Waals surface area contributed by atoms with E-state index < -0.39 is 0 Å². The van der Waals surface area contributed by atoms with Crippen molar-refractivity contribution in [3.8, 4) is 0 Å².